The van der Waals surface area contributed by atoms with E-state index in [9.17, 15) is 18.0 Å². The normalized spacial score (nSPS) is 11.7. The Kier molecular flexibility index (Phi) is 4.19. The molecule has 0 spiro atoms. The van der Waals surface area contributed by atoms with Gasteiger partial charge in [-0.25, -0.2) is 4.98 Å². The predicted molar refractivity (Wildman–Crippen MR) is 86.1 cm³/mol. The number of anilines is 1. The summed E-state index contributed by atoms with van der Waals surface area (Å²) >= 11 is 5.93. The molecule has 0 unspecified atom stereocenters. The van der Waals surface area contributed by atoms with E-state index < -0.39 is 11.7 Å². The first-order valence-corrected chi connectivity index (χ1v) is 7.29. The molecule has 3 aromatic rings. The Labute approximate surface area is 139 Å². The van der Waals surface area contributed by atoms with Crippen molar-refractivity contribution in [3.8, 4) is 0 Å². The van der Waals surface area contributed by atoms with Crippen molar-refractivity contribution in [3.63, 3.8) is 0 Å². The third kappa shape index (κ3) is 3.51. The zero-order chi connectivity index (χ0) is 17.3. The lowest BCUT2D eigenvalue weighted by Crippen LogP contribution is -2.16. The molecule has 3 rings (SSSR count). The highest BCUT2D eigenvalue weighted by molar-refractivity contribution is 6.31. The van der Waals surface area contributed by atoms with Gasteiger partial charge in [-0.1, -0.05) is 11.6 Å². The average Bonchev–Trinajstić information content (AvgIpc) is 2.53. The fourth-order valence-corrected chi connectivity index (χ4v) is 2.39. The van der Waals surface area contributed by atoms with Gasteiger partial charge in [0.2, 0.25) is 0 Å². The predicted octanol–water partition coefficient (Wildman–Crippen LogP) is 4.21. The number of H-pyrrole nitrogens is 1. The summed E-state index contributed by atoms with van der Waals surface area (Å²) in [5, 5.41) is 4.13. The van der Waals surface area contributed by atoms with Gasteiger partial charge in [0.05, 0.1) is 5.56 Å². The Morgan fingerprint density at radius 1 is 1.17 bits per heavy atom. The first kappa shape index (κ1) is 16.3. The SMILES string of the molecule is O=c1[nH]c2ccc(Cl)cc2cc1CNc1ccc(C(F)(F)F)cn1. The molecule has 0 radical (unpaired) electrons. The number of nitrogens with one attached hydrogen (secondary N) is 2. The maximum absolute atomic E-state index is 12.5. The Balaban J connectivity index is 1.80. The number of hydrogen-bond donors (Lipinski definition) is 2. The van der Waals surface area contributed by atoms with Gasteiger partial charge in [-0.05, 0) is 36.4 Å². The van der Waals surface area contributed by atoms with Crippen molar-refractivity contribution >= 4 is 28.3 Å². The second kappa shape index (κ2) is 6.16. The van der Waals surface area contributed by atoms with Crippen LogP contribution in [0, 0.1) is 0 Å². The van der Waals surface area contributed by atoms with E-state index in [1.807, 2.05) is 0 Å². The summed E-state index contributed by atoms with van der Waals surface area (Å²) in [4.78, 5) is 18.5. The van der Waals surface area contributed by atoms with Crippen LogP contribution in [0.2, 0.25) is 5.02 Å². The molecule has 0 saturated heterocycles. The minimum absolute atomic E-state index is 0.121. The molecule has 0 saturated carbocycles. The zero-order valence-electron chi connectivity index (χ0n) is 12.1. The van der Waals surface area contributed by atoms with Crippen molar-refractivity contribution in [2.75, 3.05) is 5.32 Å². The number of halogens is 4. The number of aromatic amines is 1. The van der Waals surface area contributed by atoms with Gasteiger partial charge < -0.3 is 10.3 Å². The van der Waals surface area contributed by atoms with Crippen molar-refractivity contribution in [2.24, 2.45) is 0 Å². The number of hydrogen-bond acceptors (Lipinski definition) is 3. The Morgan fingerprint density at radius 2 is 1.96 bits per heavy atom. The molecule has 0 atom stereocenters. The number of rotatable bonds is 3. The highest BCUT2D eigenvalue weighted by Gasteiger charge is 2.30. The van der Waals surface area contributed by atoms with Crippen LogP contribution < -0.4 is 10.9 Å². The largest absolute Gasteiger partial charge is 0.417 e. The summed E-state index contributed by atoms with van der Waals surface area (Å²) in [7, 11) is 0. The van der Waals surface area contributed by atoms with E-state index in [0.717, 1.165) is 17.6 Å². The van der Waals surface area contributed by atoms with Gasteiger partial charge in [-0.2, -0.15) is 13.2 Å². The molecule has 0 aliphatic rings. The molecule has 2 heterocycles. The summed E-state index contributed by atoms with van der Waals surface area (Å²) in [6.45, 7) is 0.121. The fourth-order valence-electron chi connectivity index (χ4n) is 2.21. The minimum Gasteiger partial charge on any atom is -0.366 e. The average molecular weight is 354 g/mol. The van der Waals surface area contributed by atoms with Crippen LogP contribution in [0.5, 0.6) is 0 Å². The molecule has 124 valence electrons. The van der Waals surface area contributed by atoms with E-state index in [0.29, 0.717) is 16.1 Å². The molecule has 2 aromatic heterocycles. The number of benzene rings is 1. The molecular formula is C16H11ClF3N3O. The first-order chi connectivity index (χ1) is 11.3. The van der Waals surface area contributed by atoms with E-state index in [-0.39, 0.29) is 17.9 Å². The quantitative estimate of drug-likeness (QED) is 0.741. The molecule has 0 fully saturated rings. The number of alkyl halides is 3. The molecule has 8 heteroatoms. The summed E-state index contributed by atoms with van der Waals surface area (Å²) < 4.78 is 37.5. The number of fused-ring (bicyclic) bond motifs is 1. The minimum atomic E-state index is -4.43. The summed E-state index contributed by atoms with van der Waals surface area (Å²) in [5.74, 6) is 0.244. The smallest absolute Gasteiger partial charge is 0.366 e. The second-order valence-corrected chi connectivity index (χ2v) is 5.58. The van der Waals surface area contributed by atoms with E-state index in [1.54, 1.807) is 24.3 Å². The lowest BCUT2D eigenvalue weighted by atomic mass is 10.1. The molecular weight excluding hydrogens is 343 g/mol. The van der Waals surface area contributed by atoms with Crippen molar-refractivity contribution in [2.45, 2.75) is 12.7 Å². The molecule has 2 N–H and O–H groups in total. The van der Waals surface area contributed by atoms with Crippen LogP contribution in [0.3, 0.4) is 0 Å². The summed E-state index contributed by atoms with van der Waals surface area (Å²) in [6, 6.07) is 8.91. The van der Waals surface area contributed by atoms with E-state index in [4.69, 9.17) is 11.6 Å². The fraction of sp³-hybridized carbons (Fsp3) is 0.125. The van der Waals surface area contributed by atoms with Crippen LogP contribution in [0.15, 0.2) is 47.4 Å². The molecule has 0 aliphatic carbocycles. The highest BCUT2D eigenvalue weighted by atomic mass is 35.5. The van der Waals surface area contributed by atoms with Crippen LogP contribution in [0.25, 0.3) is 10.9 Å². The van der Waals surface area contributed by atoms with Gasteiger partial charge in [-0.3, -0.25) is 4.79 Å². The Morgan fingerprint density at radius 3 is 2.62 bits per heavy atom. The number of nitrogens with zero attached hydrogens (tertiary/aromatic N) is 1. The second-order valence-electron chi connectivity index (χ2n) is 5.14. The lowest BCUT2D eigenvalue weighted by Gasteiger charge is -2.09. The molecule has 1 aromatic carbocycles. The van der Waals surface area contributed by atoms with Gasteiger partial charge >= 0.3 is 6.18 Å². The number of aromatic nitrogens is 2. The van der Waals surface area contributed by atoms with E-state index in [2.05, 4.69) is 15.3 Å². The van der Waals surface area contributed by atoms with Crippen LogP contribution in [0.1, 0.15) is 11.1 Å². The van der Waals surface area contributed by atoms with Crippen LogP contribution >= 0.6 is 11.6 Å². The van der Waals surface area contributed by atoms with Gasteiger partial charge in [0, 0.05) is 34.2 Å². The third-order valence-electron chi connectivity index (χ3n) is 3.43. The van der Waals surface area contributed by atoms with Gasteiger partial charge in [0.1, 0.15) is 5.82 Å². The molecule has 24 heavy (non-hydrogen) atoms. The van der Waals surface area contributed by atoms with Gasteiger partial charge in [0.25, 0.3) is 5.56 Å². The lowest BCUT2D eigenvalue weighted by molar-refractivity contribution is -0.137. The van der Waals surface area contributed by atoms with Crippen molar-refractivity contribution in [1.29, 1.82) is 0 Å². The van der Waals surface area contributed by atoms with Crippen molar-refractivity contribution in [1.82, 2.24) is 9.97 Å². The Bertz CT molecular complexity index is 936. The molecule has 0 amide bonds. The maximum atomic E-state index is 12.5. The monoisotopic (exact) mass is 353 g/mol. The molecule has 0 aliphatic heterocycles. The maximum Gasteiger partial charge on any atom is 0.417 e. The Hall–Kier alpha value is -2.54. The zero-order valence-corrected chi connectivity index (χ0v) is 12.9. The third-order valence-corrected chi connectivity index (χ3v) is 3.67. The van der Waals surface area contributed by atoms with Crippen molar-refractivity contribution in [3.05, 3.63) is 69.1 Å². The molecule has 4 nitrogen and oxygen atoms in total. The number of pyridine rings is 2. The van der Waals surface area contributed by atoms with E-state index >= 15 is 0 Å². The topological polar surface area (TPSA) is 57.8 Å². The standard InChI is InChI=1S/C16H11ClF3N3O/c17-12-2-3-13-9(6-12)5-10(15(24)23-13)7-21-14-4-1-11(8-22-14)16(18,19)20/h1-6,8H,7H2,(H,21,22)(H,23,24). The van der Waals surface area contributed by atoms with Crippen LogP contribution in [0.4, 0.5) is 19.0 Å². The van der Waals surface area contributed by atoms with Crippen LogP contribution in [-0.4, -0.2) is 9.97 Å². The summed E-state index contributed by atoms with van der Waals surface area (Å²) in [6.07, 6.45) is -3.69. The van der Waals surface area contributed by atoms with Crippen molar-refractivity contribution < 1.29 is 13.2 Å². The van der Waals surface area contributed by atoms with E-state index in [1.165, 1.54) is 6.07 Å². The van der Waals surface area contributed by atoms with Crippen LogP contribution in [-0.2, 0) is 12.7 Å². The summed E-state index contributed by atoms with van der Waals surface area (Å²) in [5.41, 5.74) is -0.0391. The van der Waals surface area contributed by atoms with Gasteiger partial charge in [0.15, 0.2) is 0 Å². The van der Waals surface area contributed by atoms with Gasteiger partial charge in [-0.15, -0.1) is 0 Å². The molecule has 0 bridgehead atoms. The highest BCUT2D eigenvalue weighted by Crippen LogP contribution is 2.28. The first-order valence-electron chi connectivity index (χ1n) is 6.91.